The van der Waals surface area contributed by atoms with Crippen molar-refractivity contribution in [2.45, 2.75) is 90.1 Å². The van der Waals surface area contributed by atoms with E-state index < -0.39 is 77.4 Å². The van der Waals surface area contributed by atoms with Crippen LogP contribution in [0, 0.1) is 12.3 Å². The van der Waals surface area contributed by atoms with Crippen molar-refractivity contribution in [2.24, 2.45) is 5.41 Å². The Hall–Kier alpha value is -6.11. The van der Waals surface area contributed by atoms with E-state index in [0.717, 1.165) is 0 Å². The summed E-state index contributed by atoms with van der Waals surface area (Å²) in [6.45, 7) is 9.18. The molecule has 7 atom stereocenters. The van der Waals surface area contributed by atoms with Gasteiger partial charge in [-0.15, -0.1) is 0 Å². The quantitative estimate of drug-likeness (QED) is 0.0926. The van der Waals surface area contributed by atoms with Crippen molar-refractivity contribution in [3.05, 3.63) is 154 Å². The highest BCUT2D eigenvalue weighted by Gasteiger charge is 2.63. The standard InChI is InChI=1S/C46H47NO11/c1-26-17-16-24-33-35(26)41(58-43(52)32-22-14-9-15-23-32)46(54)25-34(27(2)36(45(46,5)6)40(56-29(4)49)39(33)55-28(3)48)57-44(53)38(50)37(30-18-10-7-11-19-30)47-42(51)31-20-12-8-13-21-31/h7-24,34,37-41,50,54H,25H2,1-6H3,(H,47,51)/t34-,37-,38+,39+,40+,41-,46+/m0/s1. The third-order valence-corrected chi connectivity index (χ3v) is 11.2. The molecule has 2 aliphatic carbocycles. The molecule has 4 aromatic carbocycles. The summed E-state index contributed by atoms with van der Waals surface area (Å²) in [6, 6.07) is 28.8. The van der Waals surface area contributed by atoms with Crippen LogP contribution in [0.25, 0.3) is 0 Å². The number of aryl methyl sites for hydroxylation is 1. The van der Waals surface area contributed by atoms with Crippen molar-refractivity contribution in [1.29, 1.82) is 0 Å². The van der Waals surface area contributed by atoms with Gasteiger partial charge in [-0.1, -0.05) is 98.8 Å². The minimum absolute atomic E-state index is 0.203. The number of ether oxygens (including phenoxy) is 4. The molecule has 0 spiro atoms. The molecule has 0 heterocycles. The Morgan fingerprint density at radius 2 is 1.26 bits per heavy atom. The van der Waals surface area contributed by atoms with Crippen LogP contribution in [0.5, 0.6) is 0 Å². The Balaban J connectivity index is 1.50. The maximum atomic E-state index is 14.2. The maximum Gasteiger partial charge on any atom is 0.338 e. The first-order valence-electron chi connectivity index (χ1n) is 19.0. The Kier molecular flexibility index (Phi) is 12.0. The van der Waals surface area contributed by atoms with Gasteiger partial charge in [0.15, 0.2) is 24.4 Å². The third kappa shape index (κ3) is 8.03. The van der Waals surface area contributed by atoms with Crippen LogP contribution in [0.4, 0.5) is 0 Å². The molecule has 12 heteroatoms. The molecule has 302 valence electrons. The average Bonchev–Trinajstić information content (AvgIpc) is 3.20. The minimum atomic E-state index is -2.11. The van der Waals surface area contributed by atoms with Crippen molar-refractivity contribution < 1.29 is 53.1 Å². The molecule has 6 rings (SSSR count). The minimum Gasteiger partial charge on any atom is -0.456 e. The molecule has 1 amide bonds. The molecule has 58 heavy (non-hydrogen) atoms. The molecule has 4 aromatic rings. The van der Waals surface area contributed by atoms with Crippen LogP contribution in [-0.2, 0) is 33.3 Å². The lowest BCUT2D eigenvalue weighted by atomic mass is 9.55. The normalized spacial score (nSPS) is 23.1. The Bertz CT molecular complexity index is 2220. The van der Waals surface area contributed by atoms with Crippen molar-refractivity contribution in [3.63, 3.8) is 0 Å². The lowest BCUT2D eigenvalue weighted by Crippen LogP contribution is -2.61. The topological polar surface area (TPSA) is 175 Å². The predicted octanol–water partition coefficient (Wildman–Crippen LogP) is 6.36. The van der Waals surface area contributed by atoms with E-state index in [4.69, 9.17) is 18.9 Å². The first-order chi connectivity index (χ1) is 27.5. The van der Waals surface area contributed by atoms with E-state index in [1.807, 2.05) is 0 Å². The number of fused-ring (bicyclic) bond motifs is 3. The first-order valence-corrected chi connectivity index (χ1v) is 19.0. The van der Waals surface area contributed by atoms with E-state index in [-0.39, 0.29) is 17.6 Å². The largest absolute Gasteiger partial charge is 0.456 e. The molecule has 2 bridgehead atoms. The number of carbonyl (C=O) groups is 5. The fraction of sp³-hybridized carbons (Fsp3) is 0.326. The number of aliphatic hydroxyl groups is 2. The number of aliphatic hydroxyl groups excluding tert-OH is 1. The highest BCUT2D eigenvalue weighted by atomic mass is 16.6. The number of benzene rings is 4. The van der Waals surface area contributed by atoms with E-state index >= 15 is 0 Å². The summed E-state index contributed by atoms with van der Waals surface area (Å²) in [7, 11) is 0. The van der Waals surface area contributed by atoms with Crippen molar-refractivity contribution in [3.8, 4) is 0 Å². The van der Waals surface area contributed by atoms with Crippen LogP contribution in [0.1, 0.15) is 102 Å². The molecule has 2 aliphatic rings. The van der Waals surface area contributed by atoms with Crippen LogP contribution in [0.3, 0.4) is 0 Å². The average molecular weight is 790 g/mol. The number of nitrogens with one attached hydrogen (secondary N) is 1. The van der Waals surface area contributed by atoms with Gasteiger partial charge < -0.3 is 34.5 Å². The lowest BCUT2D eigenvalue weighted by Gasteiger charge is -2.56. The van der Waals surface area contributed by atoms with Crippen molar-refractivity contribution >= 4 is 29.8 Å². The second-order valence-electron chi connectivity index (χ2n) is 15.2. The summed E-state index contributed by atoms with van der Waals surface area (Å²) >= 11 is 0. The summed E-state index contributed by atoms with van der Waals surface area (Å²) in [6.07, 6.45) is -7.77. The zero-order valence-electron chi connectivity index (χ0n) is 33.1. The van der Waals surface area contributed by atoms with Crippen LogP contribution >= 0.6 is 0 Å². The molecule has 0 radical (unpaired) electrons. The maximum absolute atomic E-state index is 14.2. The van der Waals surface area contributed by atoms with E-state index in [0.29, 0.717) is 33.4 Å². The highest BCUT2D eigenvalue weighted by molar-refractivity contribution is 5.95. The van der Waals surface area contributed by atoms with Crippen LogP contribution in [0.2, 0.25) is 0 Å². The fourth-order valence-corrected chi connectivity index (χ4v) is 8.27. The van der Waals surface area contributed by atoms with Gasteiger partial charge in [0.25, 0.3) is 5.91 Å². The van der Waals surface area contributed by atoms with E-state index in [1.165, 1.54) is 13.8 Å². The first kappa shape index (κ1) is 41.5. The van der Waals surface area contributed by atoms with Crippen LogP contribution in [0.15, 0.2) is 120 Å². The van der Waals surface area contributed by atoms with Crippen molar-refractivity contribution in [2.75, 3.05) is 0 Å². The molecule has 0 saturated carbocycles. The van der Waals surface area contributed by atoms with Gasteiger partial charge in [0.05, 0.1) is 11.6 Å². The summed E-state index contributed by atoms with van der Waals surface area (Å²) in [5.41, 5.74) is -0.839. The highest BCUT2D eigenvalue weighted by Crippen LogP contribution is 2.60. The number of amides is 1. The number of carbonyl (C=O) groups excluding carboxylic acids is 5. The van der Waals surface area contributed by atoms with Gasteiger partial charge in [0.1, 0.15) is 11.7 Å². The summed E-state index contributed by atoms with van der Waals surface area (Å²) < 4.78 is 24.4. The zero-order valence-corrected chi connectivity index (χ0v) is 33.1. The summed E-state index contributed by atoms with van der Waals surface area (Å²) in [5.74, 6) is -3.88. The molecule has 0 fully saturated rings. The third-order valence-electron chi connectivity index (χ3n) is 11.2. The van der Waals surface area contributed by atoms with Gasteiger partial charge in [-0.2, -0.15) is 0 Å². The Morgan fingerprint density at radius 3 is 1.84 bits per heavy atom. The predicted molar refractivity (Wildman–Crippen MR) is 211 cm³/mol. The molecule has 0 aliphatic heterocycles. The second-order valence-corrected chi connectivity index (χ2v) is 15.2. The molecule has 12 nitrogen and oxygen atoms in total. The van der Waals surface area contributed by atoms with Gasteiger partial charge in [-0.3, -0.25) is 14.4 Å². The van der Waals surface area contributed by atoms with Crippen LogP contribution in [-0.4, -0.2) is 63.9 Å². The molecule has 0 saturated heterocycles. The molecular weight excluding hydrogens is 743 g/mol. The molecule has 0 aromatic heterocycles. The summed E-state index contributed by atoms with van der Waals surface area (Å²) in [5, 5.41) is 27.9. The number of hydrogen-bond donors (Lipinski definition) is 3. The van der Waals surface area contributed by atoms with E-state index in [2.05, 4.69) is 5.32 Å². The van der Waals surface area contributed by atoms with Gasteiger partial charge in [0.2, 0.25) is 0 Å². The van der Waals surface area contributed by atoms with Gasteiger partial charge in [0, 0.05) is 42.4 Å². The second kappa shape index (κ2) is 16.8. The SMILES string of the molecule is CC(=O)O[C@@H]1C2=C(C)[C@@H](OC(=O)[C@H](O)[C@@H](NC(=O)c3ccccc3)c3ccccc3)C[C@@](O)([C@@H](OC(=O)c3ccccc3)c3c(C)cccc3[C@H]1OC(C)=O)C2(C)C. The van der Waals surface area contributed by atoms with E-state index in [9.17, 15) is 34.2 Å². The Labute approximate surface area is 336 Å². The molecule has 3 N–H and O–H groups in total. The zero-order chi connectivity index (χ0) is 41.9. The number of rotatable bonds is 10. The van der Waals surface area contributed by atoms with Gasteiger partial charge in [-0.25, -0.2) is 9.59 Å². The fourth-order valence-electron chi connectivity index (χ4n) is 8.27. The summed E-state index contributed by atoms with van der Waals surface area (Å²) in [4.78, 5) is 67.3. The molecule has 0 unspecified atom stereocenters. The smallest absolute Gasteiger partial charge is 0.338 e. The Morgan fingerprint density at radius 1 is 0.707 bits per heavy atom. The van der Waals surface area contributed by atoms with E-state index in [1.54, 1.807) is 137 Å². The van der Waals surface area contributed by atoms with Crippen LogP contribution < -0.4 is 5.32 Å². The number of hydrogen-bond acceptors (Lipinski definition) is 11. The van der Waals surface area contributed by atoms with Crippen molar-refractivity contribution in [1.82, 2.24) is 5.32 Å². The lowest BCUT2D eigenvalue weighted by molar-refractivity contribution is -0.194. The van der Waals surface area contributed by atoms with Gasteiger partial charge in [-0.05, 0) is 60.4 Å². The number of esters is 4. The monoisotopic (exact) mass is 789 g/mol. The molecular formula is C46H47NO11. The van der Waals surface area contributed by atoms with Gasteiger partial charge >= 0.3 is 23.9 Å².